The summed E-state index contributed by atoms with van der Waals surface area (Å²) >= 11 is 0. The smallest absolute Gasteiger partial charge is 0.407 e. The quantitative estimate of drug-likeness (QED) is 0.840. The minimum absolute atomic E-state index is 0.0331. The van der Waals surface area contributed by atoms with Gasteiger partial charge in [-0.15, -0.1) is 0 Å². The number of rotatable bonds is 6. The van der Waals surface area contributed by atoms with Crippen LogP contribution in [-0.4, -0.2) is 23.8 Å². The van der Waals surface area contributed by atoms with Crippen molar-refractivity contribution >= 4 is 6.09 Å². The Balaban J connectivity index is 1.78. The monoisotopic (exact) mass is 277 g/mol. The Labute approximate surface area is 120 Å². The van der Waals surface area contributed by atoms with Gasteiger partial charge in [0.05, 0.1) is 0 Å². The van der Waals surface area contributed by atoms with Crippen LogP contribution in [0.5, 0.6) is 0 Å². The van der Waals surface area contributed by atoms with Crippen molar-refractivity contribution in [2.45, 2.75) is 44.8 Å². The van der Waals surface area contributed by atoms with Gasteiger partial charge in [0, 0.05) is 12.6 Å². The van der Waals surface area contributed by atoms with Gasteiger partial charge in [0.25, 0.3) is 0 Å². The third-order valence-corrected chi connectivity index (χ3v) is 3.92. The van der Waals surface area contributed by atoms with Gasteiger partial charge in [-0.3, -0.25) is 0 Å². The van der Waals surface area contributed by atoms with E-state index in [1.54, 1.807) is 0 Å². The van der Waals surface area contributed by atoms with E-state index in [-0.39, 0.29) is 25.3 Å². The van der Waals surface area contributed by atoms with Crippen LogP contribution in [0.25, 0.3) is 0 Å². The van der Waals surface area contributed by atoms with Crippen molar-refractivity contribution in [1.29, 1.82) is 0 Å². The summed E-state index contributed by atoms with van der Waals surface area (Å²) in [6.07, 6.45) is 4.90. The summed E-state index contributed by atoms with van der Waals surface area (Å²) in [6, 6.07) is 9.66. The summed E-state index contributed by atoms with van der Waals surface area (Å²) in [5.41, 5.74) is 0.974. The first-order chi connectivity index (χ1) is 9.79. The highest BCUT2D eigenvalue weighted by Gasteiger charge is 2.26. The zero-order chi connectivity index (χ0) is 14.2. The van der Waals surface area contributed by atoms with Crippen LogP contribution in [0.1, 0.15) is 37.7 Å². The average molecular weight is 277 g/mol. The number of carbonyl (C=O) groups excluding carboxylic acids is 1. The van der Waals surface area contributed by atoms with Crippen molar-refractivity contribution in [3.63, 3.8) is 0 Å². The lowest BCUT2D eigenvalue weighted by Crippen LogP contribution is -2.40. The molecular formula is C16H23NO3. The van der Waals surface area contributed by atoms with E-state index >= 15 is 0 Å². The van der Waals surface area contributed by atoms with E-state index in [2.05, 4.69) is 5.32 Å². The summed E-state index contributed by atoms with van der Waals surface area (Å²) in [5.74, 6) is 0.478. The molecule has 1 aliphatic carbocycles. The van der Waals surface area contributed by atoms with Gasteiger partial charge in [-0.1, -0.05) is 43.2 Å². The van der Waals surface area contributed by atoms with Crippen LogP contribution in [0.15, 0.2) is 30.3 Å². The van der Waals surface area contributed by atoms with Crippen LogP contribution in [0.3, 0.4) is 0 Å². The normalized spacial score (nSPS) is 16.9. The Morgan fingerprint density at radius 1 is 1.30 bits per heavy atom. The van der Waals surface area contributed by atoms with Crippen LogP contribution < -0.4 is 5.32 Å². The Morgan fingerprint density at radius 2 is 2.00 bits per heavy atom. The summed E-state index contributed by atoms with van der Waals surface area (Å²) in [4.78, 5) is 11.8. The van der Waals surface area contributed by atoms with Gasteiger partial charge in [-0.2, -0.15) is 0 Å². The van der Waals surface area contributed by atoms with Crippen LogP contribution in [-0.2, 0) is 11.3 Å². The molecule has 2 N–H and O–H groups in total. The summed E-state index contributed by atoms with van der Waals surface area (Å²) in [5, 5.41) is 12.0. The number of nitrogens with one attached hydrogen (secondary N) is 1. The number of aliphatic hydroxyl groups excluding tert-OH is 1. The van der Waals surface area contributed by atoms with Crippen LogP contribution in [0.2, 0.25) is 0 Å². The van der Waals surface area contributed by atoms with Gasteiger partial charge in [-0.05, 0) is 30.7 Å². The fourth-order valence-electron chi connectivity index (χ4n) is 2.84. The standard InChI is InChI=1S/C16H23NO3/c18-11-10-15(14-8-4-5-9-14)17-16(19)20-12-13-6-2-1-3-7-13/h1-3,6-7,14-15,18H,4-5,8-12H2,(H,17,19). The zero-order valence-corrected chi connectivity index (χ0v) is 11.8. The number of amides is 1. The maximum absolute atomic E-state index is 11.8. The molecule has 2 rings (SSSR count). The van der Waals surface area contributed by atoms with Gasteiger partial charge >= 0.3 is 6.09 Å². The van der Waals surface area contributed by atoms with Crippen molar-refractivity contribution in [2.24, 2.45) is 5.92 Å². The molecular weight excluding hydrogens is 254 g/mol. The molecule has 4 heteroatoms. The van der Waals surface area contributed by atoms with Crippen molar-refractivity contribution < 1.29 is 14.6 Å². The van der Waals surface area contributed by atoms with Crippen molar-refractivity contribution in [2.75, 3.05) is 6.61 Å². The molecule has 0 saturated heterocycles. The molecule has 1 saturated carbocycles. The molecule has 0 aromatic heterocycles. The van der Waals surface area contributed by atoms with Crippen molar-refractivity contribution in [1.82, 2.24) is 5.32 Å². The Hall–Kier alpha value is -1.55. The predicted molar refractivity (Wildman–Crippen MR) is 77.2 cm³/mol. The number of benzene rings is 1. The van der Waals surface area contributed by atoms with Crippen LogP contribution in [0.4, 0.5) is 4.79 Å². The number of alkyl carbamates (subject to hydrolysis) is 1. The topological polar surface area (TPSA) is 58.6 Å². The van der Waals surface area contributed by atoms with E-state index in [1.165, 1.54) is 12.8 Å². The van der Waals surface area contributed by atoms with Crippen LogP contribution in [0, 0.1) is 5.92 Å². The average Bonchev–Trinajstić information content (AvgIpc) is 3.00. The second-order valence-corrected chi connectivity index (χ2v) is 5.37. The number of hydrogen-bond acceptors (Lipinski definition) is 3. The molecule has 1 fully saturated rings. The Bertz CT molecular complexity index is 401. The summed E-state index contributed by atoms with van der Waals surface area (Å²) in [7, 11) is 0. The Kier molecular flexibility index (Phi) is 5.87. The first-order valence-corrected chi connectivity index (χ1v) is 7.37. The number of hydrogen-bond donors (Lipinski definition) is 2. The maximum atomic E-state index is 11.8. The first-order valence-electron chi connectivity index (χ1n) is 7.37. The van der Waals surface area contributed by atoms with Crippen molar-refractivity contribution in [3.8, 4) is 0 Å². The number of carbonyl (C=O) groups is 1. The fourth-order valence-corrected chi connectivity index (χ4v) is 2.84. The molecule has 1 unspecified atom stereocenters. The van der Waals surface area contributed by atoms with Gasteiger partial charge in [0.15, 0.2) is 0 Å². The third kappa shape index (κ3) is 4.53. The molecule has 110 valence electrons. The van der Waals surface area contributed by atoms with E-state index < -0.39 is 0 Å². The lowest BCUT2D eigenvalue weighted by molar-refractivity contribution is 0.128. The molecule has 0 spiro atoms. The lowest BCUT2D eigenvalue weighted by atomic mass is 9.96. The molecule has 20 heavy (non-hydrogen) atoms. The molecule has 0 heterocycles. The van der Waals surface area contributed by atoms with E-state index in [1.807, 2.05) is 30.3 Å². The minimum atomic E-state index is -0.390. The zero-order valence-electron chi connectivity index (χ0n) is 11.8. The summed E-state index contributed by atoms with van der Waals surface area (Å²) in [6.45, 7) is 0.378. The highest BCUT2D eigenvalue weighted by Crippen LogP contribution is 2.29. The van der Waals surface area contributed by atoms with E-state index in [9.17, 15) is 4.79 Å². The molecule has 1 amide bonds. The van der Waals surface area contributed by atoms with E-state index in [0.29, 0.717) is 12.3 Å². The maximum Gasteiger partial charge on any atom is 0.407 e. The van der Waals surface area contributed by atoms with Crippen LogP contribution >= 0.6 is 0 Å². The number of ether oxygens (including phenoxy) is 1. The van der Waals surface area contributed by atoms with Gasteiger partial charge in [-0.25, -0.2) is 4.79 Å². The molecule has 4 nitrogen and oxygen atoms in total. The molecule has 1 aromatic rings. The van der Waals surface area contributed by atoms with Gasteiger partial charge in [0.2, 0.25) is 0 Å². The lowest BCUT2D eigenvalue weighted by Gasteiger charge is -2.23. The van der Waals surface area contributed by atoms with E-state index in [4.69, 9.17) is 9.84 Å². The highest BCUT2D eigenvalue weighted by molar-refractivity contribution is 5.67. The molecule has 0 radical (unpaired) electrons. The first kappa shape index (κ1) is 14.9. The van der Waals surface area contributed by atoms with Crippen molar-refractivity contribution in [3.05, 3.63) is 35.9 Å². The second-order valence-electron chi connectivity index (χ2n) is 5.37. The SMILES string of the molecule is O=C(NC(CCO)C1CCCC1)OCc1ccccc1. The Morgan fingerprint density at radius 3 is 2.65 bits per heavy atom. The van der Waals surface area contributed by atoms with Gasteiger partial charge in [0.1, 0.15) is 6.61 Å². The molecule has 1 aromatic carbocycles. The third-order valence-electron chi connectivity index (χ3n) is 3.92. The minimum Gasteiger partial charge on any atom is -0.445 e. The highest BCUT2D eigenvalue weighted by atomic mass is 16.5. The largest absolute Gasteiger partial charge is 0.445 e. The second kappa shape index (κ2) is 7.90. The predicted octanol–water partition coefficient (Wildman–Crippen LogP) is 2.85. The fraction of sp³-hybridized carbons (Fsp3) is 0.562. The molecule has 1 atom stereocenters. The molecule has 1 aliphatic rings. The number of aliphatic hydroxyl groups is 1. The van der Waals surface area contributed by atoms with Gasteiger partial charge < -0.3 is 15.2 Å². The molecule has 0 bridgehead atoms. The van der Waals surface area contributed by atoms with E-state index in [0.717, 1.165) is 18.4 Å². The molecule has 0 aliphatic heterocycles. The summed E-state index contributed by atoms with van der Waals surface area (Å²) < 4.78 is 5.23.